The van der Waals surface area contributed by atoms with Crippen LogP contribution < -0.4 is 10.1 Å². The molecule has 0 heterocycles. The lowest BCUT2D eigenvalue weighted by Gasteiger charge is -2.11. The van der Waals surface area contributed by atoms with E-state index in [1.54, 1.807) is 0 Å². The monoisotopic (exact) mass is 349 g/mol. The van der Waals surface area contributed by atoms with Gasteiger partial charge < -0.3 is 10.1 Å². The number of rotatable bonds is 4. The highest BCUT2D eigenvalue weighted by molar-refractivity contribution is 5.94. The lowest BCUT2D eigenvalue weighted by molar-refractivity contribution is -0.274. The Bertz CT molecular complexity index is 760. The van der Waals surface area contributed by atoms with Crippen molar-refractivity contribution < 1.29 is 35.9 Å². The first-order valence-electron chi connectivity index (χ1n) is 6.44. The molecule has 9 heteroatoms. The molecule has 0 radical (unpaired) electrons. The molecule has 0 atom stereocenters. The highest BCUT2D eigenvalue weighted by Crippen LogP contribution is 2.24. The van der Waals surface area contributed by atoms with E-state index in [0.717, 1.165) is 36.4 Å². The molecule has 0 saturated carbocycles. The fraction of sp³-hybridized carbons (Fsp3) is 0.133. The van der Waals surface area contributed by atoms with E-state index >= 15 is 0 Å². The van der Waals surface area contributed by atoms with E-state index < -0.39 is 47.6 Å². The van der Waals surface area contributed by atoms with Crippen LogP contribution in [0.4, 0.5) is 26.3 Å². The number of ether oxygens (including phenoxy) is 1. The zero-order chi connectivity index (χ0) is 17.9. The highest BCUT2D eigenvalue weighted by Gasteiger charge is 2.31. The SMILES string of the molecule is O=C(NCc1cc(OC(F)(F)F)ccc1F)c1cccc(F)c1F. The average molecular weight is 349 g/mol. The maximum absolute atomic E-state index is 13.6. The van der Waals surface area contributed by atoms with Crippen LogP contribution in [-0.2, 0) is 6.54 Å². The van der Waals surface area contributed by atoms with Gasteiger partial charge in [0.2, 0.25) is 0 Å². The maximum Gasteiger partial charge on any atom is 0.573 e. The maximum atomic E-state index is 13.6. The normalized spacial score (nSPS) is 11.2. The number of halogens is 6. The van der Waals surface area contributed by atoms with Crippen molar-refractivity contribution in [3.63, 3.8) is 0 Å². The third-order valence-corrected chi connectivity index (χ3v) is 2.89. The fourth-order valence-electron chi connectivity index (χ4n) is 1.83. The van der Waals surface area contributed by atoms with Gasteiger partial charge >= 0.3 is 6.36 Å². The van der Waals surface area contributed by atoms with Gasteiger partial charge in [-0.15, -0.1) is 13.2 Å². The van der Waals surface area contributed by atoms with Gasteiger partial charge in [0.25, 0.3) is 5.91 Å². The third kappa shape index (κ3) is 4.40. The van der Waals surface area contributed by atoms with Gasteiger partial charge in [-0.2, -0.15) is 0 Å². The molecule has 0 spiro atoms. The Hall–Kier alpha value is -2.71. The van der Waals surface area contributed by atoms with Crippen LogP contribution in [0.1, 0.15) is 15.9 Å². The molecule has 2 aromatic rings. The predicted molar refractivity (Wildman–Crippen MR) is 70.6 cm³/mol. The first-order chi connectivity index (χ1) is 11.2. The number of carbonyl (C=O) groups excluding carboxylic acids is 1. The van der Waals surface area contributed by atoms with E-state index in [1.165, 1.54) is 0 Å². The Labute approximate surface area is 131 Å². The summed E-state index contributed by atoms with van der Waals surface area (Å²) in [6.45, 7) is -0.546. The molecular weight excluding hydrogens is 340 g/mol. The van der Waals surface area contributed by atoms with Crippen LogP contribution >= 0.6 is 0 Å². The highest BCUT2D eigenvalue weighted by atomic mass is 19.4. The lowest BCUT2D eigenvalue weighted by Crippen LogP contribution is -2.25. The van der Waals surface area contributed by atoms with Crippen LogP contribution in [-0.4, -0.2) is 12.3 Å². The molecule has 1 amide bonds. The van der Waals surface area contributed by atoms with Gasteiger partial charge in [-0.05, 0) is 30.3 Å². The van der Waals surface area contributed by atoms with Gasteiger partial charge in [0.05, 0.1) is 5.56 Å². The van der Waals surface area contributed by atoms with Crippen molar-refractivity contribution in [2.45, 2.75) is 12.9 Å². The van der Waals surface area contributed by atoms with Gasteiger partial charge in [-0.25, -0.2) is 13.2 Å². The minimum absolute atomic E-state index is 0.318. The second kappa shape index (κ2) is 6.81. The fourth-order valence-corrected chi connectivity index (χ4v) is 1.83. The molecule has 24 heavy (non-hydrogen) atoms. The van der Waals surface area contributed by atoms with E-state index in [9.17, 15) is 31.1 Å². The zero-order valence-electron chi connectivity index (χ0n) is 11.8. The minimum atomic E-state index is -4.96. The van der Waals surface area contributed by atoms with Crippen LogP contribution in [0.3, 0.4) is 0 Å². The van der Waals surface area contributed by atoms with Crippen molar-refractivity contribution in [1.29, 1.82) is 0 Å². The Morgan fingerprint density at radius 3 is 2.42 bits per heavy atom. The summed E-state index contributed by atoms with van der Waals surface area (Å²) in [7, 11) is 0. The van der Waals surface area contributed by atoms with Crippen LogP contribution in [0.15, 0.2) is 36.4 Å². The van der Waals surface area contributed by atoms with Crippen LogP contribution in [0.5, 0.6) is 5.75 Å². The number of benzene rings is 2. The Morgan fingerprint density at radius 2 is 1.75 bits per heavy atom. The Kier molecular flexibility index (Phi) is 5.01. The van der Waals surface area contributed by atoms with E-state index in [0.29, 0.717) is 0 Å². The topological polar surface area (TPSA) is 38.3 Å². The summed E-state index contributed by atoms with van der Waals surface area (Å²) in [5.74, 6) is -5.25. The van der Waals surface area contributed by atoms with Gasteiger partial charge in [0.15, 0.2) is 11.6 Å². The van der Waals surface area contributed by atoms with Crippen LogP contribution in [0.2, 0.25) is 0 Å². The molecule has 3 nitrogen and oxygen atoms in total. The van der Waals surface area contributed by atoms with Crippen molar-refractivity contribution in [2.75, 3.05) is 0 Å². The molecule has 0 bridgehead atoms. The molecule has 0 fully saturated rings. The molecule has 1 N–H and O–H groups in total. The molecule has 2 aromatic carbocycles. The van der Waals surface area contributed by atoms with Gasteiger partial charge in [0, 0.05) is 12.1 Å². The second-order valence-corrected chi connectivity index (χ2v) is 4.59. The molecule has 0 aromatic heterocycles. The van der Waals surface area contributed by atoms with Gasteiger partial charge in [0.1, 0.15) is 11.6 Å². The van der Waals surface area contributed by atoms with Crippen LogP contribution in [0.25, 0.3) is 0 Å². The van der Waals surface area contributed by atoms with Crippen molar-refractivity contribution in [3.05, 3.63) is 65.0 Å². The number of hydrogen-bond acceptors (Lipinski definition) is 2. The molecule has 0 saturated heterocycles. The molecule has 0 aliphatic carbocycles. The number of amides is 1. The number of hydrogen-bond donors (Lipinski definition) is 1. The first kappa shape index (κ1) is 17.6. The summed E-state index contributed by atoms with van der Waals surface area (Å²) in [4.78, 5) is 11.8. The number of carbonyl (C=O) groups is 1. The average Bonchev–Trinajstić information content (AvgIpc) is 2.49. The lowest BCUT2D eigenvalue weighted by atomic mass is 10.1. The molecule has 0 aliphatic rings. The summed E-state index contributed by atoms with van der Waals surface area (Å²) in [6, 6.07) is 5.15. The Morgan fingerprint density at radius 1 is 1.04 bits per heavy atom. The quantitative estimate of drug-likeness (QED) is 0.850. The summed E-state index contributed by atoms with van der Waals surface area (Å²) in [6.07, 6.45) is -4.96. The molecule has 0 unspecified atom stereocenters. The molecular formula is C15H9F6NO2. The summed E-state index contributed by atoms with van der Waals surface area (Å²) < 4.78 is 80.1. The second-order valence-electron chi connectivity index (χ2n) is 4.59. The van der Waals surface area contributed by atoms with Crippen molar-refractivity contribution in [2.24, 2.45) is 0 Å². The van der Waals surface area contributed by atoms with Crippen molar-refractivity contribution >= 4 is 5.91 Å². The summed E-state index contributed by atoms with van der Waals surface area (Å²) in [5, 5.41) is 2.09. The number of alkyl halides is 3. The van der Waals surface area contributed by atoms with Crippen molar-refractivity contribution in [3.8, 4) is 5.75 Å². The first-order valence-corrected chi connectivity index (χ1v) is 6.44. The van der Waals surface area contributed by atoms with E-state index in [4.69, 9.17) is 0 Å². The van der Waals surface area contributed by atoms with Crippen molar-refractivity contribution in [1.82, 2.24) is 5.32 Å². The molecule has 2 rings (SSSR count). The van der Waals surface area contributed by atoms with Crippen LogP contribution in [0, 0.1) is 17.5 Å². The minimum Gasteiger partial charge on any atom is -0.406 e. The Balaban J connectivity index is 2.12. The third-order valence-electron chi connectivity index (χ3n) is 2.89. The molecule has 0 aliphatic heterocycles. The standard InChI is InChI=1S/C15H9F6NO2/c16-11-5-4-9(24-15(19,20)21)6-8(11)7-22-14(23)10-2-1-3-12(17)13(10)18/h1-6H,7H2,(H,22,23). The predicted octanol–water partition coefficient (Wildman–Crippen LogP) is 3.93. The summed E-state index contributed by atoms with van der Waals surface area (Å²) in [5.41, 5.74) is -0.931. The van der Waals surface area contributed by atoms with E-state index in [2.05, 4.69) is 10.1 Å². The number of nitrogens with one attached hydrogen (secondary N) is 1. The zero-order valence-corrected chi connectivity index (χ0v) is 11.8. The van der Waals surface area contributed by atoms with Gasteiger partial charge in [-0.3, -0.25) is 4.79 Å². The van der Waals surface area contributed by atoms with Gasteiger partial charge in [-0.1, -0.05) is 6.07 Å². The van der Waals surface area contributed by atoms with E-state index in [1.807, 2.05) is 0 Å². The summed E-state index contributed by atoms with van der Waals surface area (Å²) >= 11 is 0. The largest absolute Gasteiger partial charge is 0.573 e. The van der Waals surface area contributed by atoms with E-state index in [-0.39, 0.29) is 5.56 Å². The smallest absolute Gasteiger partial charge is 0.406 e. The molecule has 128 valence electrons.